The van der Waals surface area contributed by atoms with Crippen molar-refractivity contribution in [3.8, 4) is 0 Å². The first-order valence-electron chi connectivity index (χ1n) is 9.50. The molecule has 7 nitrogen and oxygen atoms in total. The third-order valence-corrected chi connectivity index (χ3v) is 6.41. The Morgan fingerprint density at radius 1 is 1.21 bits per heavy atom. The number of hydrogen-bond donors (Lipinski definition) is 1. The quantitative estimate of drug-likeness (QED) is 0.752. The van der Waals surface area contributed by atoms with Crippen LogP contribution in [0.15, 0.2) is 29.2 Å². The number of nitrogens with zero attached hydrogens (tertiary/aromatic N) is 1. The van der Waals surface area contributed by atoms with Crippen molar-refractivity contribution in [2.75, 3.05) is 13.1 Å². The van der Waals surface area contributed by atoms with Crippen molar-refractivity contribution < 1.29 is 22.7 Å². The maximum Gasteiger partial charge on any atom is 0.328 e. The molecule has 1 unspecified atom stereocenters. The average Bonchev–Trinajstić information content (AvgIpc) is 2.60. The van der Waals surface area contributed by atoms with Gasteiger partial charge in [-0.3, -0.25) is 4.79 Å². The van der Waals surface area contributed by atoms with E-state index in [1.54, 1.807) is 52.0 Å². The summed E-state index contributed by atoms with van der Waals surface area (Å²) in [5, 5.41) is 2.66. The van der Waals surface area contributed by atoms with Crippen LogP contribution in [0.1, 0.15) is 46.1 Å². The molecule has 1 aromatic rings. The Hall–Kier alpha value is -1.93. The van der Waals surface area contributed by atoms with Crippen LogP contribution in [0.25, 0.3) is 0 Å². The van der Waals surface area contributed by atoms with Crippen molar-refractivity contribution in [1.82, 2.24) is 9.62 Å². The van der Waals surface area contributed by atoms with Gasteiger partial charge in [-0.05, 0) is 59.6 Å². The zero-order valence-corrected chi connectivity index (χ0v) is 18.0. The van der Waals surface area contributed by atoms with Gasteiger partial charge in [0.25, 0.3) is 0 Å². The van der Waals surface area contributed by atoms with E-state index in [0.29, 0.717) is 19.4 Å². The molecule has 156 valence electrons. The van der Waals surface area contributed by atoms with Crippen LogP contribution in [0.2, 0.25) is 0 Å². The van der Waals surface area contributed by atoms with Crippen LogP contribution in [-0.4, -0.2) is 49.3 Å². The molecule has 28 heavy (non-hydrogen) atoms. The molecule has 0 saturated carbocycles. The monoisotopic (exact) mass is 410 g/mol. The molecule has 0 radical (unpaired) electrons. The molecule has 0 aromatic heterocycles. The summed E-state index contributed by atoms with van der Waals surface area (Å²) in [6.07, 6.45) is 1.16. The second-order valence-corrected chi connectivity index (χ2v) is 10.2. The highest BCUT2D eigenvalue weighted by Gasteiger charge is 2.34. The lowest BCUT2D eigenvalue weighted by Gasteiger charge is -2.32. The van der Waals surface area contributed by atoms with Gasteiger partial charge < -0.3 is 10.1 Å². The number of amides is 1. The molecule has 1 saturated heterocycles. The van der Waals surface area contributed by atoms with Crippen molar-refractivity contribution in [3.63, 3.8) is 0 Å². The van der Waals surface area contributed by atoms with Gasteiger partial charge in [0.2, 0.25) is 15.9 Å². The van der Waals surface area contributed by atoms with Crippen molar-refractivity contribution in [1.29, 1.82) is 0 Å². The molecule has 1 aromatic carbocycles. The van der Waals surface area contributed by atoms with Gasteiger partial charge in [-0.25, -0.2) is 13.2 Å². The molecule has 1 amide bonds. The lowest BCUT2D eigenvalue weighted by Crippen LogP contribution is -2.49. The predicted octanol–water partition coefficient (Wildman–Crippen LogP) is 2.24. The molecule has 1 aliphatic heterocycles. The van der Waals surface area contributed by atoms with Crippen LogP contribution < -0.4 is 5.32 Å². The number of piperidine rings is 1. The molecule has 1 fully saturated rings. The van der Waals surface area contributed by atoms with Crippen LogP contribution in [-0.2, 0) is 24.3 Å². The molecular weight excluding hydrogens is 380 g/mol. The molecule has 2 atom stereocenters. The van der Waals surface area contributed by atoms with Crippen LogP contribution in [0.3, 0.4) is 0 Å². The minimum atomic E-state index is -3.65. The minimum absolute atomic E-state index is 0.100. The Kier molecular flexibility index (Phi) is 6.88. The van der Waals surface area contributed by atoms with Crippen LogP contribution in [0.5, 0.6) is 0 Å². The molecular formula is C20H30N2O5S. The molecule has 0 bridgehead atoms. The maximum atomic E-state index is 12.9. The van der Waals surface area contributed by atoms with Gasteiger partial charge in [-0.2, -0.15) is 4.31 Å². The van der Waals surface area contributed by atoms with Gasteiger partial charge in [0.15, 0.2) is 0 Å². The molecule has 0 spiro atoms. The number of ether oxygens (including phenoxy) is 1. The summed E-state index contributed by atoms with van der Waals surface area (Å²) in [5.41, 5.74) is 0.339. The Balaban J connectivity index is 2.03. The number of aryl methyl sites for hydroxylation is 1. The summed E-state index contributed by atoms with van der Waals surface area (Å²) in [7, 11) is -3.65. The summed E-state index contributed by atoms with van der Waals surface area (Å²) < 4.78 is 32.4. The standard InChI is InChI=1S/C20H30N2O5S/c1-14-8-10-17(11-9-14)28(25,26)22-12-6-7-16(13-22)18(23)21-15(2)19(24)27-20(3,4)5/h8-11,15-16H,6-7,12-13H2,1-5H3,(H,21,23)/t15-,16?/m1/s1. The van der Waals surface area contributed by atoms with E-state index in [4.69, 9.17) is 4.74 Å². The van der Waals surface area contributed by atoms with Crippen molar-refractivity contribution in [2.45, 2.75) is 64.0 Å². The zero-order chi connectivity index (χ0) is 21.1. The first-order chi connectivity index (χ1) is 12.9. The third kappa shape index (κ3) is 5.78. The molecule has 8 heteroatoms. The Morgan fingerprint density at radius 2 is 1.82 bits per heavy atom. The predicted molar refractivity (Wildman–Crippen MR) is 106 cm³/mol. The van der Waals surface area contributed by atoms with E-state index >= 15 is 0 Å². The number of carbonyl (C=O) groups is 2. The first kappa shape index (κ1) is 22.4. The second kappa shape index (κ2) is 8.61. The highest BCUT2D eigenvalue weighted by molar-refractivity contribution is 7.89. The van der Waals surface area contributed by atoms with Gasteiger partial charge in [-0.1, -0.05) is 17.7 Å². The van der Waals surface area contributed by atoms with Crippen LogP contribution >= 0.6 is 0 Å². The smallest absolute Gasteiger partial charge is 0.328 e. The lowest BCUT2D eigenvalue weighted by atomic mass is 9.98. The lowest BCUT2D eigenvalue weighted by molar-refractivity contribution is -0.158. The third-order valence-electron chi connectivity index (χ3n) is 4.53. The van der Waals surface area contributed by atoms with Crippen LogP contribution in [0.4, 0.5) is 0 Å². The molecule has 2 rings (SSSR count). The molecule has 1 N–H and O–H groups in total. The van der Waals surface area contributed by atoms with Gasteiger partial charge in [0, 0.05) is 13.1 Å². The Morgan fingerprint density at radius 3 is 2.39 bits per heavy atom. The first-order valence-corrected chi connectivity index (χ1v) is 10.9. The highest BCUT2D eigenvalue weighted by Crippen LogP contribution is 2.24. The minimum Gasteiger partial charge on any atom is -0.458 e. The number of sulfonamides is 1. The van der Waals surface area contributed by atoms with Crippen molar-refractivity contribution >= 4 is 21.9 Å². The number of rotatable bonds is 5. The number of esters is 1. The Bertz CT molecular complexity index is 812. The fraction of sp³-hybridized carbons (Fsp3) is 0.600. The fourth-order valence-corrected chi connectivity index (χ4v) is 4.54. The normalized spacial score (nSPS) is 19.7. The van der Waals surface area contributed by atoms with Gasteiger partial charge >= 0.3 is 5.97 Å². The second-order valence-electron chi connectivity index (χ2n) is 8.28. The number of hydrogen-bond acceptors (Lipinski definition) is 5. The number of benzene rings is 1. The fourth-order valence-electron chi connectivity index (χ4n) is 3.01. The molecule has 0 aliphatic carbocycles. The van der Waals surface area contributed by atoms with E-state index in [0.717, 1.165) is 5.56 Å². The number of carbonyl (C=O) groups excluding carboxylic acids is 2. The average molecular weight is 411 g/mol. The van der Waals surface area contributed by atoms with Crippen molar-refractivity contribution in [3.05, 3.63) is 29.8 Å². The topological polar surface area (TPSA) is 92.8 Å². The summed E-state index contributed by atoms with van der Waals surface area (Å²) in [6, 6.07) is 5.88. The van der Waals surface area contributed by atoms with E-state index in [2.05, 4.69) is 5.32 Å². The van der Waals surface area contributed by atoms with E-state index in [-0.39, 0.29) is 17.3 Å². The maximum absolute atomic E-state index is 12.9. The Labute approximate surface area is 167 Å². The summed E-state index contributed by atoms with van der Waals surface area (Å²) in [6.45, 7) is 9.21. The largest absolute Gasteiger partial charge is 0.458 e. The molecule has 1 heterocycles. The SMILES string of the molecule is Cc1ccc(S(=O)(=O)N2CCCC(C(=O)N[C@H](C)C(=O)OC(C)(C)C)C2)cc1. The van der Waals surface area contributed by atoms with E-state index in [9.17, 15) is 18.0 Å². The van der Waals surface area contributed by atoms with E-state index < -0.39 is 33.6 Å². The zero-order valence-electron chi connectivity index (χ0n) is 17.2. The highest BCUT2D eigenvalue weighted by atomic mass is 32.2. The van der Waals surface area contributed by atoms with E-state index in [1.807, 2.05) is 6.92 Å². The molecule has 1 aliphatic rings. The van der Waals surface area contributed by atoms with Crippen molar-refractivity contribution in [2.24, 2.45) is 5.92 Å². The number of nitrogens with one attached hydrogen (secondary N) is 1. The van der Waals surface area contributed by atoms with Gasteiger partial charge in [0.05, 0.1) is 10.8 Å². The summed E-state index contributed by atoms with van der Waals surface area (Å²) in [5.74, 6) is -1.35. The summed E-state index contributed by atoms with van der Waals surface area (Å²) >= 11 is 0. The van der Waals surface area contributed by atoms with E-state index in [1.165, 1.54) is 4.31 Å². The van der Waals surface area contributed by atoms with Gasteiger partial charge in [0.1, 0.15) is 11.6 Å². The summed E-state index contributed by atoms with van der Waals surface area (Å²) in [4.78, 5) is 24.9. The van der Waals surface area contributed by atoms with Crippen LogP contribution in [0, 0.1) is 12.8 Å². The van der Waals surface area contributed by atoms with Gasteiger partial charge in [-0.15, -0.1) is 0 Å².